The van der Waals surface area contributed by atoms with Gasteiger partial charge in [-0.05, 0) is 13.1 Å². The topological polar surface area (TPSA) is 81.8 Å². The van der Waals surface area contributed by atoms with E-state index in [0.29, 0.717) is 23.4 Å². The third-order valence-corrected chi connectivity index (χ3v) is 5.65. The number of aromatic nitrogens is 1. The number of hydrogen-bond acceptors (Lipinski definition) is 7. The van der Waals surface area contributed by atoms with Gasteiger partial charge in [-0.2, -0.15) is 0 Å². The van der Waals surface area contributed by atoms with Crippen LogP contribution in [-0.2, 0) is 0 Å². The molecule has 0 amide bonds. The predicted octanol–water partition coefficient (Wildman–Crippen LogP) is 2.20. The van der Waals surface area contributed by atoms with Crippen LogP contribution < -0.4 is 10.2 Å². The van der Waals surface area contributed by atoms with Crippen LogP contribution in [0.5, 0.6) is 0 Å². The highest BCUT2D eigenvalue weighted by molar-refractivity contribution is 6.28. The zero-order valence-corrected chi connectivity index (χ0v) is 15.7. The fourth-order valence-corrected chi connectivity index (χ4v) is 4.16. The summed E-state index contributed by atoms with van der Waals surface area (Å²) in [4.78, 5) is 17.9. The number of ketones is 1. The smallest absolute Gasteiger partial charge is 0.196 e. The Bertz CT molecular complexity index is 1070. The van der Waals surface area contributed by atoms with Crippen molar-refractivity contribution in [2.24, 2.45) is 0 Å². The molecule has 7 heteroatoms. The highest BCUT2D eigenvalue weighted by Gasteiger charge is 2.33. The summed E-state index contributed by atoms with van der Waals surface area (Å²) in [7, 11) is 2.12. The molecule has 1 aromatic heterocycles. The van der Waals surface area contributed by atoms with Gasteiger partial charge in [0, 0.05) is 49.5 Å². The summed E-state index contributed by atoms with van der Waals surface area (Å²) in [6.07, 6.45) is 0. The Hall–Kier alpha value is -2.90. The van der Waals surface area contributed by atoms with Gasteiger partial charge < -0.3 is 24.7 Å². The fraction of sp³-hybridized carbons (Fsp3) is 0.333. The van der Waals surface area contributed by atoms with Crippen LogP contribution in [0.25, 0.3) is 22.2 Å². The Morgan fingerprint density at radius 3 is 2.68 bits per heavy atom. The normalized spacial score (nSPS) is 16.5. The molecule has 7 nitrogen and oxygen atoms in total. The van der Waals surface area contributed by atoms with Crippen molar-refractivity contribution in [3.8, 4) is 11.3 Å². The summed E-state index contributed by atoms with van der Waals surface area (Å²) >= 11 is 0. The average Bonchev–Trinajstić information content (AvgIpc) is 3.16. The largest absolute Gasteiger partial charge is 0.395 e. The van der Waals surface area contributed by atoms with Crippen molar-refractivity contribution >= 4 is 28.1 Å². The van der Waals surface area contributed by atoms with Crippen LogP contribution in [0.2, 0.25) is 0 Å². The number of aliphatic hydroxyl groups is 1. The number of rotatable bonds is 4. The van der Waals surface area contributed by atoms with Gasteiger partial charge in [0.2, 0.25) is 0 Å². The van der Waals surface area contributed by atoms with Crippen LogP contribution in [-0.4, -0.2) is 67.3 Å². The molecule has 1 aliphatic heterocycles. The molecule has 5 rings (SSSR count). The van der Waals surface area contributed by atoms with Crippen LogP contribution in [0, 0.1) is 0 Å². The minimum atomic E-state index is -0.0401. The lowest BCUT2D eigenvalue weighted by Gasteiger charge is -2.34. The number of piperazine rings is 1. The number of carbonyl (C=O) groups is 1. The lowest BCUT2D eigenvalue weighted by molar-refractivity contribution is 0.104. The van der Waals surface area contributed by atoms with Gasteiger partial charge in [-0.25, -0.2) is 0 Å². The molecule has 144 valence electrons. The van der Waals surface area contributed by atoms with Crippen LogP contribution in [0.4, 0.5) is 11.4 Å². The summed E-state index contributed by atoms with van der Waals surface area (Å²) in [5.41, 5.74) is 4.40. The second-order valence-electron chi connectivity index (χ2n) is 7.37. The van der Waals surface area contributed by atoms with E-state index >= 15 is 0 Å². The molecule has 0 saturated carbocycles. The number of benzene rings is 2. The first-order chi connectivity index (χ1) is 13.7. The summed E-state index contributed by atoms with van der Waals surface area (Å²) in [6, 6.07) is 9.46. The molecule has 0 spiro atoms. The number of aliphatic hydroxyl groups excluding tert-OH is 1. The first kappa shape index (κ1) is 17.2. The van der Waals surface area contributed by atoms with Crippen molar-refractivity contribution in [1.82, 2.24) is 10.1 Å². The third kappa shape index (κ3) is 2.51. The number of fused-ring (bicyclic) bond motifs is 2. The van der Waals surface area contributed by atoms with Crippen molar-refractivity contribution in [3.63, 3.8) is 0 Å². The Labute approximate surface area is 162 Å². The molecule has 2 aliphatic rings. The van der Waals surface area contributed by atoms with E-state index in [0.717, 1.165) is 54.0 Å². The van der Waals surface area contributed by atoms with E-state index in [2.05, 4.69) is 27.3 Å². The van der Waals surface area contributed by atoms with E-state index < -0.39 is 0 Å². The van der Waals surface area contributed by atoms with E-state index in [9.17, 15) is 9.90 Å². The minimum Gasteiger partial charge on any atom is -0.395 e. The van der Waals surface area contributed by atoms with E-state index in [-0.39, 0.29) is 12.4 Å². The van der Waals surface area contributed by atoms with Crippen LogP contribution in [0.15, 0.2) is 34.9 Å². The first-order valence-corrected chi connectivity index (χ1v) is 9.57. The van der Waals surface area contributed by atoms with Gasteiger partial charge in [-0.1, -0.05) is 29.4 Å². The Kier molecular flexibility index (Phi) is 4.07. The molecule has 2 N–H and O–H groups in total. The fourth-order valence-electron chi connectivity index (χ4n) is 4.16. The van der Waals surface area contributed by atoms with E-state index in [1.807, 2.05) is 30.3 Å². The molecule has 0 atom stereocenters. The number of carbonyl (C=O) groups excluding carboxylic acids is 1. The number of hydrogen-bond donors (Lipinski definition) is 2. The second-order valence-corrected chi connectivity index (χ2v) is 7.37. The molecule has 3 aromatic rings. The van der Waals surface area contributed by atoms with Gasteiger partial charge in [0.25, 0.3) is 0 Å². The van der Waals surface area contributed by atoms with Gasteiger partial charge in [0.05, 0.1) is 23.2 Å². The SMILES string of the molecule is CN1CCN(c2cc(NCCO)c3c4c(onc24)-c2ccccc2C3=O)CC1. The van der Waals surface area contributed by atoms with Crippen molar-refractivity contribution in [3.05, 3.63) is 41.5 Å². The molecular formula is C21H22N4O3. The van der Waals surface area contributed by atoms with Gasteiger partial charge in [-0.3, -0.25) is 4.79 Å². The Morgan fingerprint density at radius 2 is 1.93 bits per heavy atom. The maximum Gasteiger partial charge on any atom is 0.196 e. The third-order valence-electron chi connectivity index (χ3n) is 5.65. The van der Waals surface area contributed by atoms with Gasteiger partial charge in [0.1, 0.15) is 5.52 Å². The summed E-state index contributed by atoms with van der Waals surface area (Å²) in [6.45, 7) is 4.07. The van der Waals surface area contributed by atoms with Crippen molar-refractivity contribution in [1.29, 1.82) is 0 Å². The van der Waals surface area contributed by atoms with E-state index in [1.165, 1.54) is 0 Å². The molecule has 2 heterocycles. The van der Waals surface area contributed by atoms with E-state index in [1.54, 1.807) is 0 Å². The van der Waals surface area contributed by atoms with Crippen molar-refractivity contribution in [2.45, 2.75) is 0 Å². The summed E-state index contributed by atoms with van der Waals surface area (Å²) < 4.78 is 5.77. The maximum atomic E-state index is 13.3. The zero-order valence-electron chi connectivity index (χ0n) is 15.7. The molecule has 1 aliphatic carbocycles. The number of nitrogens with zero attached hydrogens (tertiary/aromatic N) is 3. The quantitative estimate of drug-likeness (QED) is 0.563. The molecule has 0 radical (unpaired) electrons. The molecule has 2 aromatic carbocycles. The van der Waals surface area contributed by atoms with Gasteiger partial charge in [0.15, 0.2) is 11.5 Å². The summed E-state index contributed by atoms with van der Waals surface area (Å²) in [5.74, 6) is 0.602. The van der Waals surface area contributed by atoms with Crippen LogP contribution in [0.3, 0.4) is 0 Å². The number of likely N-dealkylation sites (N-methyl/N-ethyl adjacent to an activating group) is 1. The standard InChI is InChI=1S/C21H22N4O3/c1-24-7-9-25(10-8-24)16-12-15(22-6-11-26)17-18-19(16)23-28-21(18)14-5-3-2-4-13(14)20(17)27/h2-5,12,22,26H,6-11H2,1H3. The van der Waals surface area contributed by atoms with Crippen LogP contribution >= 0.6 is 0 Å². The summed E-state index contributed by atoms with van der Waals surface area (Å²) in [5, 5.41) is 17.7. The first-order valence-electron chi connectivity index (χ1n) is 9.57. The highest BCUT2D eigenvalue weighted by atomic mass is 16.5. The molecule has 0 unspecified atom stereocenters. The van der Waals surface area contributed by atoms with Crippen molar-refractivity contribution < 1.29 is 14.4 Å². The Balaban J connectivity index is 1.75. The molecule has 1 fully saturated rings. The van der Waals surface area contributed by atoms with Gasteiger partial charge in [-0.15, -0.1) is 0 Å². The molecule has 28 heavy (non-hydrogen) atoms. The van der Waals surface area contributed by atoms with E-state index in [4.69, 9.17) is 4.52 Å². The lowest BCUT2D eigenvalue weighted by atomic mass is 9.86. The predicted molar refractivity (Wildman–Crippen MR) is 108 cm³/mol. The number of nitrogens with one attached hydrogen (secondary N) is 1. The van der Waals surface area contributed by atoms with Gasteiger partial charge >= 0.3 is 0 Å². The second kappa shape index (κ2) is 6.61. The average molecular weight is 378 g/mol. The maximum absolute atomic E-state index is 13.3. The molecule has 0 bridgehead atoms. The zero-order chi connectivity index (χ0) is 19.3. The molecular weight excluding hydrogens is 356 g/mol. The minimum absolute atomic E-state index is 0.0113. The van der Waals surface area contributed by atoms with Crippen LogP contribution in [0.1, 0.15) is 15.9 Å². The number of anilines is 2. The Morgan fingerprint density at radius 1 is 1.18 bits per heavy atom. The monoisotopic (exact) mass is 378 g/mol. The molecule has 1 saturated heterocycles. The highest BCUT2D eigenvalue weighted by Crippen LogP contribution is 2.45. The van der Waals surface area contributed by atoms with Crippen molar-refractivity contribution in [2.75, 3.05) is 56.6 Å². The lowest BCUT2D eigenvalue weighted by Crippen LogP contribution is -2.44.